The first-order valence-corrected chi connectivity index (χ1v) is 8.05. The highest BCUT2D eigenvalue weighted by atomic mass is 32.1. The summed E-state index contributed by atoms with van der Waals surface area (Å²) in [6.07, 6.45) is 1.39. The Morgan fingerprint density at radius 1 is 1.20 bits per heavy atom. The minimum Gasteiger partial charge on any atom is -0.443 e. The van der Waals surface area contributed by atoms with Crippen molar-refractivity contribution in [2.75, 3.05) is 0 Å². The Hall–Kier alpha value is -3.33. The maximum atomic E-state index is 12.4. The number of imide groups is 1. The topological polar surface area (TPSA) is 107 Å². The molecule has 0 N–H and O–H groups in total. The van der Waals surface area contributed by atoms with E-state index in [2.05, 4.69) is 4.98 Å². The molecule has 0 aliphatic carbocycles. The average Bonchev–Trinajstić information content (AvgIpc) is 3.32. The van der Waals surface area contributed by atoms with Gasteiger partial charge in [-0.25, -0.2) is 4.98 Å². The number of carbonyl (C=O) groups is 2. The van der Waals surface area contributed by atoms with Crippen LogP contribution in [-0.4, -0.2) is 26.6 Å². The van der Waals surface area contributed by atoms with Gasteiger partial charge >= 0.3 is 0 Å². The second-order valence-electron chi connectivity index (χ2n) is 5.30. The Labute approximate surface area is 144 Å². The smallest absolute Gasteiger partial charge is 0.270 e. The lowest BCUT2D eigenvalue weighted by Gasteiger charge is -2.10. The molecule has 2 aromatic heterocycles. The van der Waals surface area contributed by atoms with Crippen LogP contribution < -0.4 is 0 Å². The number of benzene rings is 1. The van der Waals surface area contributed by atoms with Gasteiger partial charge < -0.3 is 4.42 Å². The van der Waals surface area contributed by atoms with E-state index in [0.717, 1.165) is 15.8 Å². The summed E-state index contributed by atoms with van der Waals surface area (Å²) in [5.74, 6) is -0.669. The second-order valence-corrected chi connectivity index (χ2v) is 6.25. The molecule has 0 unspecified atom stereocenters. The minimum absolute atomic E-state index is 0.0289. The van der Waals surface area contributed by atoms with Crippen LogP contribution in [0.25, 0.3) is 10.8 Å². The number of oxazole rings is 1. The maximum Gasteiger partial charge on any atom is 0.270 e. The number of amides is 2. The van der Waals surface area contributed by atoms with E-state index in [1.807, 2.05) is 17.5 Å². The molecule has 9 heteroatoms. The number of nitro benzene ring substituents is 1. The summed E-state index contributed by atoms with van der Waals surface area (Å²) in [5.41, 5.74) is 0.370. The molecule has 0 saturated carbocycles. The van der Waals surface area contributed by atoms with Crippen LogP contribution in [0.15, 0.2) is 46.4 Å². The van der Waals surface area contributed by atoms with Crippen molar-refractivity contribution in [1.82, 2.24) is 9.88 Å². The zero-order chi connectivity index (χ0) is 17.6. The molecule has 0 fully saturated rings. The first-order chi connectivity index (χ1) is 12.0. The molecular weight excluding hydrogens is 346 g/mol. The second kappa shape index (κ2) is 5.64. The fourth-order valence-electron chi connectivity index (χ4n) is 2.59. The van der Waals surface area contributed by atoms with Crippen LogP contribution in [0.3, 0.4) is 0 Å². The van der Waals surface area contributed by atoms with Crippen molar-refractivity contribution in [2.45, 2.75) is 6.54 Å². The molecule has 1 aliphatic heterocycles. The molecule has 25 heavy (non-hydrogen) atoms. The van der Waals surface area contributed by atoms with Gasteiger partial charge in [0.2, 0.25) is 5.89 Å². The highest BCUT2D eigenvalue weighted by Gasteiger charge is 2.37. The van der Waals surface area contributed by atoms with E-state index in [0.29, 0.717) is 11.6 Å². The fraction of sp³-hybridized carbons (Fsp3) is 0.0625. The normalized spacial score (nSPS) is 13.4. The van der Waals surface area contributed by atoms with Crippen molar-refractivity contribution in [3.05, 3.63) is 68.9 Å². The van der Waals surface area contributed by atoms with E-state index in [9.17, 15) is 19.7 Å². The van der Waals surface area contributed by atoms with Crippen molar-refractivity contribution >= 4 is 28.8 Å². The van der Waals surface area contributed by atoms with Gasteiger partial charge in [-0.05, 0) is 17.5 Å². The fourth-order valence-corrected chi connectivity index (χ4v) is 3.25. The van der Waals surface area contributed by atoms with Crippen molar-refractivity contribution in [2.24, 2.45) is 0 Å². The van der Waals surface area contributed by atoms with Crippen LogP contribution >= 0.6 is 11.3 Å². The first-order valence-electron chi connectivity index (χ1n) is 7.17. The zero-order valence-electron chi connectivity index (χ0n) is 12.5. The number of hydrogen-bond acceptors (Lipinski definition) is 7. The van der Waals surface area contributed by atoms with E-state index < -0.39 is 16.7 Å². The van der Waals surface area contributed by atoms with Gasteiger partial charge in [0.05, 0.1) is 33.2 Å². The number of thiophene rings is 1. The Bertz CT molecular complexity index is 1010. The van der Waals surface area contributed by atoms with Gasteiger partial charge in [-0.2, -0.15) is 0 Å². The molecule has 1 aromatic carbocycles. The van der Waals surface area contributed by atoms with Gasteiger partial charge in [-0.15, -0.1) is 11.3 Å². The molecule has 0 radical (unpaired) electrons. The highest BCUT2D eigenvalue weighted by molar-refractivity contribution is 7.13. The van der Waals surface area contributed by atoms with Gasteiger partial charge in [-0.1, -0.05) is 6.07 Å². The van der Waals surface area contributed by atoms with E-state index in [1.54, 1.807) is 0 Å². The van der Waals surface area contributed by atoms with Gasteiger partial charge in [0.15, 0.2) is 0 Å². The summed E-state index contributed by atoms with van der Waals surface area (Å²) in [7, 11) is 0. The lowest BCUT2D eigenvalue weighted by atomic mass is 10.1. The van der Waals surface area contributed by atoms with E-state index in [1.165, 1.54) is 29.7 Å². The van der Waals surface area contributed by atoms with Crippen molar-refractivity contribution in [3.8, 4) is 10.8 Å². The molecule has 0 atom stereocenters. The lowest BCUT2D eigenvalue weighted by Crippen LogP contribution is -2.29. The van der Waals surface area contributed by atoms with Crippen molar-refractivity contribution in [1.29, 1.82) is 0 Å². The third-order valence-electron chi connectivity index (χ3n) is 3.77. The first kappa shape index (κ1) is 15.2. The Morgan fingerprint density at radius 3 is 2.72 bits per heavy atom. The number of non-ortho nitro benzene ring substituents is 1. The molecule has 2 amide bonds. The predicted molar refractivity (Wildman–Crippen MR) is 87.1 cm³/mol. The number of hydrogen-bond donors (Lipinski definition) is 0. The summed E-state index contributed by atoms with van der Waals surface area (Å²) in [6, 6.07) is 7.34. The minimum atomic E-state index is -0.606. The predicted octanol–water partition coefficient (Wildman–Crippen LogP) is 3.11. The largest absolute Gasteiger partial charge is 0.443 e. The molecular formula is C16H9N3O5S. The maximum absolute atomic E-state index is 12.4. The van der Waals surface area contributed by atoms with Gasteiger partial charge in [0.25, 0.3) is 17.5 Å². The van der Waals surface area contributed by atoms with Crippen LogP contribution in [0.2, 0.25) is 0 Å². The van der Waals surface area contributed by atoms with Crippen LogP contribution in [0, 0.1) is 10.1 Å². The Balaban J connectivity index is 1.61. The third-order valence-corrected chi connectivity index (χ3v) is 4.63. The molecule has 3 aromatic rings. The third kappa shape index (κ3) is 2.50. The molecule has 8 nitrogen and oxygen atoms in total. The molecule has 124 valence electrons. The molecule has 0 saturated heterocycles. The number of aromatic nitrogens is 1. The van der Waals surface area contributed by atoms with Gasteiger partial charge in [0.1, 0.15) is 6.26 Å². The highest BCUT2D eigenvalue weighted by Crippen LogP contribution is 2.29. The molecule has 0 spiro atoms. The number of carbonyl (C=O) groups excluding carboxylic acids is 2. The SMILES string of the molecule is O=C1c2ccc([N+](=O)[O-])cc2C(=O)N1Cc1coc(-c2cccs2)n1. The Morgan fingerprint density at radius 2 is 2.00 bits per heavy atom. The molecule has 1 aliphatic rings. The van der Waals surface area contributed by atoms with Crippen LogP contribution in [0.5, 0.6) is 0 Å². The summed E-state index contributed by atoms with van der Waals surface area (Å²) in [4.78, 5) is 41.2. The molecule has 3 heterocycles. The molecule has 0 bridgehead atoms. The van der Waals surface area contributed by atoms with E-state index in [-0.39, 0.29) is 23.4 Å². The Kier molecular flexibility index (Phi) is 3.43. The summed E-state index contributed by atoms with van der Waals surface area (Å²) in [5, 5.41) is 12.7. The van der Waals surface area contributed by atoms with E-state index in [4.69, 9.17) is 4.42 Å². The van der Waals surface area contributed by atoms with Crippen molar-refractivity contribution < 1.29 is 18.9 Å². The summed E-state index contributed by atoms with van der Waals surface area (Å²) < 4.78 is 5.38. The zero-order valence-corrected chi connectivity index (χ0v) is 13.4. The number of nitro groups is 1. The van der Waals surface area contributed by atoms with E-state index >= 15 is 0 Å². The quantitative estimate of drug-likeness (QED) is 0.404. The van der Waals surface area contributed by atoms with Gasteiger partial charge in [0, 0.05) is 12.1 Å². The number of rotatable bonds is 4. The van der Waals surface area contributed by atoms with Gasteiger partial charge in [-0.3, -0.25) is 24.6 Å². The van der Waals surface area contributed by atoms with Crippen LogP contribution in [-0.2, 0) is 6.54 Å². The molecule has 4 rings (SSSR count). The van der Waals surface area contributed by atoms with Crippen LogP contribution in [0.4, 0.5) is 5.69 Å². The summed E-state index contributed by atoms with van der Waals surface area (Å²) >= 11 is 1.46. The number of fused-ring (bicyclic) bond motifs is 1. The average molecular weight is 355 g/mol. The number of nitrogens with zero attached hydrogens (tertiary/aromatic N) is 3. The van der Waals surface area contributed by atoms with Crippen LogP contribution in [0.1, 0.15) is 26.4 Å². The standard InChI is InChI=1S/C16H9N3O5S/c20-15-11-4-3-10(19(22)23)6-12(11)16(21)18(15)7-9-8-24-14(17-9)13-2-1-5-25-13/h1-6,8H,7H2. The summed E-state index contributed by atoms with van der Waals surface area (Å²) in [6.45, 7) is -0.0605. The monoisotopic (exact) mass is 355 g/mol. The lowest BCUT2D eigenvalue weighted by molar-refractivity contribution is -0.384. The van der Waals surface area contributed by atoms with Crippen molar-refractivity contribution in [3.63, 3.8) is 0 Å².